The fraction of sp³-hybridized carbons (Fsp3) is 0.632. The smallest absolute Gasteiger partial charge is 0.326 e. The fourth-order valence-corrected chi connectivity index (χ4v) is 3.27. The van der Waals surface area contributed by atoms with Crippen LogP contribution in [0.1, 0.15) is 31.4 Å². The molecule has 3 amide bonds. The third kappa shape index (κ3) is 10.6. The molecule has 0 radical (unpaired) electrons. The fourth-order valence-electron chi connectivity index (χ4n) is 2.80. The number of thioether (sulfide) groups is 1. The summed E-state index contributed by atoms with van der Waals surface area (Å²) >= 11 is 1.50. The van der Waals surface area contributed by atoms with Crippen LogP contribution in [-0.4, -0.2) is 82.0 Å². The van der Waals surface area contributed by atoms with Gasteiger partial charge in [0, 0.05) is 18.3 Å². The lowest BCUT2D eigenvalue weighted by Crippen LogP contribution is -2.54. The Hall–Kier alpha value is -2.64. The Morgan fingerprint density at radius 2 is 1.91 bits per heavy atom. The number of unbranched alkanes of at least 4 members (excludes halogenated alkanes) is 1. The molecule has 0 bridgehead atoms. The van der Waals surface area contributed by atoms with Crippen molar-refractivity contribution in [3.8, 4) is 0 Å². The van der Waals surface area contributed by atoms with Gasteiger partial charge in [-0.25, -0.2) is 9.78 Å². The molecule has 0 aliphatic heterocycles. The number of aliphatic carboxylic acids is 1. The number of imidazole rings is 1. The van der Waals surface area contributed by atoms with E-state index in [1.54, 1.807) is 6.20 Å². The molecule has 0 aliphatic carbocycles. The lowest BCUT2D eigenvalue weighted by atomic mass is 10.1. The van der Waals surface area contributed by atoms with Crippen LogP contribution >= 0.6 is 11.8 Å². The normalized spacial score (nSPS) is 13.6. The molecule has 9 N–H and O–H groups in total. The van der Waals surface area contributed by atoms with Crippen LogP contribution in [0.5, 0.6) is 0 Å². The number of nitrogens with zero attached hydrogens (tertiary/aromatic N) is 1. The van der Waals surface area contributed by atoms with Gasteiger partial charge in [0.1, 0.15) is 12.1 Å². The number of nitrogens with two attached hydrogens (primary N) is 2. The van der Waals surface area contributed by atoms with E-state index in [1.165, 1.54) is 18.1 Å². The van der Waals surface area contributed by atoms with Crippen molar-refractivity contribution in [2.45, 2.75) is 50.2 Å². The van der Waals surface area contributed by atoms with Gasteiger partial charge in [0.2, 0.25) is 17.7 Å². The zero-order valence-electron chi connectivity index (χ0n) is 18.1. The number of carbonyl (C=O) groups excluding carboxylic acids is 3. The zero-order valence-corrected chi connectivity index (χ0v) is 19.0. The molecule has 12 nitrogen and oxygen atoms in total. The average molecular weight is 472 g/mol. The molecule has 0 saturated carbocycles. The lowest BCUT2D eigenvalue weighted by molar-refractivity contribution is -0.142. The second-order valence-corrected chi connectivity index (χ2v) is 8.18. The molecule has 1 rings (SSSR count). The Bertz CT molecular complexity index is 732. The van der Waals surface area contributed by atoms with Gasteiger partial charge in [-0.05, 0) is 44.2 Å². The first-order valence-electron chi connectivity index (χ1n) is 10.3. The average Bonchev–Trinajstić information content (AvgIpc) is 3.27. The quantitative estimate of drug-likeness (QED) is 0.137. The molecule has 0 saturated heterocycles. The summed E-state index contributed by atoms with van der Waals surface area (Å²) in [6.45, 7) is 0.0242. The summed E-state index contributed by atoms with van der Waals surface area (Å²) < 4.78 is 0. The number of carboxylic acid groups (broad SMARTS) is 1. The van der Waals surface area contributed by atoms with E-state index in [4.69, 9.17) is 11.5 Å². The predicted molar refractivity (Wildman–Crippen MR) is 121 cm³/mol. The van der Waals surface area contributed by atoms with Crippen molar-refractivity contribution in [3.63, 3.8) is 0 Å². The minimum Gasteiger partial charge on any atom is -0.480 e. The molecular weight excluding hydrogens is 438 g/mol. The van der Waals surface area contributed by atoms with Crippen molar-refractivity contribution < 1.29 is 24.3 Å². The first-order chi connectivity index (χ1) is 15.3. The molecule has 1 aromatic heterocycles. The summed E-state index contributed by atoms with van der Waals surface area (Å²) in [6.07, 6.45) is 6.92. The molecule has 0 aliphatic rings. The molecular formula is C19H33N7O5S. The number of amides is 3. The molecule has 0 aromatic carbocycles. The summed E-state index contributed by atoms with van der Waals surface area (Å²) in [4.78, 5) is 55.1. The molecule has 32 heavy (non-hydrogen) atoms. The van der Waals surface area contributed by atoms with Crippen molar-refractivity contribution in [1.29, 1.82) is 0 Å². The maximum Gasteiger partial charge on any atom is 0.326 e. The summed E-state index contributed by atoms with van der Waals surface area (Å²) in [5.41, 5.74) is 12.0. The van der Waals surface area contributed by atoms with Crippen LogP contribution < -0.4 is 27.4 Å². The van der Waals surface area contributed by atoms with E-state index < -0.39 is 48.4 Å². The molecule has 180 valence electrons. The highest BCUT2D eigenvalue weighted by molar-refractivity contribution is 7.98. The number of H-pyrrole nitrogens is 1. The van der Waals surface area contributed by atoms with Crippen molar-refractivity contribution in [3.05, 3.63) is 18.2 Å². The van der Waals surface area contributed by atoms with E-state index in [0.717, 1.165) is 0 Å². The van der Waals surface area contributed by atoms with Crippen LogP contribution in [0.4, 0.5) is 0 Å². The summed E-state index contributed by atoms with van der Waals surface area (Å²) in [5.74, 6) is -2.24. The first-order valence-corrected chi connectivity index (χ1v) is 11.7. The van der Waals surface area contributed by atoms with Gasteiger partial charge in [-0.3, -0.25) is 14.4 Å². The van der Waals surface area contributed by atoms with E-state index in [0.29, 0.717) is 37.3 Å². The standard InChI is InChI=1S/C19H33N7O5S/c1-32-7-5-14(26-17(28)13(21)8-12-9-22-11-24-12)18(29)23-10-16(27)25-15(19(30)31)4-2-3-6-20/h9,11,13-15H,2-8,10,20-21H2,1H3,(H,22,24)(H,23,29)(H,25,27)(H,26,28)(H,30,31). The van der Waals surface area contributed by atoms with Crippen LogP contribution in [0.3, 0.4) is 0 Å². The van der Waals surface area contributed by atoms with Crippen molar-refractivity contribution in [2.75, 3.05) is 25.1 Å². The van der Waals surface area contributed by atoms with E-state index in [1.807, 2.05) is 6.26 Å². The minimum absolute atomic E-state index is 0.228. The van der Waals surface area contributed by atoms with Gasteiger partial charge in [-0.1, -0.05) is 0 Å². The molecule has 13 heteroatoms. The molecule has 1 aromatic rings. The highest BCUT2D eigenvalue weighted by atomic mass is 32.2. The SMILES string of the molecule is CSCCC(NC(=O)C(N)Cc1cnc[nH]1)C(=O)NCC(=O)NC(CCCCN)C(=O)O. The molecule has 1 heterocycles. The van der Waals surface area contributed by atoms with E-state index in [9.17, 15) is 24.3 Å². The van der Waals surface area contributed by atoms with E-state index in [-0.39, 0.29) is 12.8 Å². The number of hydrogen-bond donors (Lipinski definition) is 7. The van der Waals surface area contributed by atoms with Gasteiger partial charge >= 0.3 is 5.97 Å². The second-order valence-electron chi connectivity index (χ2n) is 7.19. The number of carboxylic acids is 1. The number of rotatable bonds is 16. The topological polar surface area (TPSA) is 205 Å². The Kier molecular flexibility index (Phi) is 13.0. The number of hydrogen-bond acceptors (Lipinski definition) is 8. The first kappa shape index (κ1) is 27.4. The van der Waals surface area contributed by atoms with Gasteiger partial charge in [-0.2, -0.15) is 11.8 Å². The Morgan fingerprint density at radius 3 is 2.50 bits per heavy atom. The third-order valence-electron chi connectivity index (χ3n) is 4.58. The summed E-state index contributed by atoms with van der Waals surface area (Å²) in [7, 11) is 0. The van der Waals surface area contributed by atoms with E-state index in [2.05, 4.69) is 25.9 Å². The molecule has 3 unspecified atom stereocenters. The van der Waals surface area contributed by atoms with Gasteiger partial charge in [-0.15, -0.1) is 0 Å². The number of nitrogens with one attached hydrogen (secondary N) is 4. The number of carbonyl (C=O) groups is 4. The zero-order chi connectivity index (χ0) is 23.9. The van der Waals surface area contributed by atoms with Gasteiger partial charge in [0.25, 0.3) is 0 Å². The number of aromatic amines is 1. The Balaban J connectivity index is 2.57. The third-order valence-corrected chi connectivity index (χ3v) is 5.22. The van der Waals surface area contributed by atoms with Gasteiger partial charge in [0.15, 0.2) is 0 Å². The maximum absolute atomic E-state index is 12.6. The van der Waals surface area contributed by atoms with Crippen LogP contribution in [0.15, 0.2) is 12.5 Å². The largest absolute Gasteiger partial charge is 0.480 e. The second kappa shape index (κ2) is 15.2. The lowest BCUT2D eigenvalue weighted by Gasteiger charge is -2.20. The minimum atomic E-state index is -1.15. The highest BCUT2D eigenvalue weighted by Gasteiger charge is 2.25. The molecule has 0 spiro atoms. The summed E-state index contributed by atoms with van der Waals surface area (Å²) in [6, 6.07) is -2.82. The molecule has 3 atom stereocenters. The monoisotopic (exact) mass is 471 g/mol. The maximum atomic E-state index is 12.6. The Morgan fingerprint density at radius 1 is 1.16 bits per heavy atom. The Labute approximate surface area is 191 Å². The van der Waals surface area contributed by atoms with Crippen molar-refractivity contribution >= 4 is 35.5 Å². The van der Waals surface area contributed by atoms with Crippen molar-refractivity contribution in [1.82, 2.24) is 25.9 Å². The predicted octanol–water partition coefficient (Wildman–Crippen LogP) is -1.67. The van der Waals surface area contributed by atoms with Gasteiger partial charge in [0.05, 0.1) is 18.9 Å². The van der Waals surface area contributed by atoms with Crippen LogP contribution in [0.2, 0.25) is 0 Å². The number of aromatic nitrogens is 2. The summed E-state index contributed by atoms with van der Waals surface area (Å²) in [5, 5.41) is 16.7. The van der Waals surface area contributed by atoms with E-state index >= 15 is 0 Å². The van der Waals surface area contributed by atoms with Gasteiger partial charge < -0.3 is 37.5 Å². The van der Waals surface area contributed by atoms with Crippen LogP contribution in [0.25, 0.3) is 0 Å². The van der Waals surface area contributed by atoms with Crippen molar-refractivity contribution in [2.24, 2.45) is 11.5 Å². The van der Waals surface area contributed by atoms with Crippen LogP contribution in [-0.2, 0) is 25.6 Å². The molecule has 0 fully saturated rings. The van der Waals surface area contributed by atoms with Crippen LogP contribution in [0, 0.1) is 0 Å². The highest BCUT2D eigenvalue weighted by Crippen LogP contribution is 2.04.